The molecule has 0 rings (SSSR count). The molecule has 0 aromatic carbocycles. The predicted molar refractivity (Wildman–Crippen MR) is 71.6 cm³/mol. The topological polar surface area (TPSA) is 43.4 Å². The van der Waals surface area contributed by atoms with Gasteiger partial charge in [0.2, 0.25) is 5.78 Å². The zero-order valence-electron chi connectivity index (χ0n) is 11.0. The molecular formula is C15H18O3. The Labute approximate surface area is 108 Å². The van der Waals surface area contributed by atoms with Gasteiger partial charge < -0.3 is 4.74 Å². The molecule has 0 aliphatic heterocycles. The molecule has 0 N–H and O–H groups in total. The number of ketones is 2. The number of methoxy groups -OCH3 is 1. The van der Waals surface area contributed by atoms with E-state index in [-0.39, 0.29) is 22.9 Å². The van der Waals surface area contributed by atoms with Crippen molar-refractivity contribution in [2.24, 2.45) is 11.8 Å². The first kappa shape index (κ1) is 15.9. The highest BCUT2D eigenvalue weighted by molar-refractivity contribution is 6.07. The number of hydrogen-bond acceptors (Lipinski definition) is 3. The summed E-state index contributed by atoms with van der Waals surface area (Å²) in [4.78, 5) is 23.5. The third-order valence-corrected chi connectivity index (χ3v) is 2.73. The van der Waals surface area contributed by atoms with E-state index in [0.717, 1.165) is 6.08 Å². The van der Waals surface area contributed by atoms with Gasteiger partial charge in [-0.15, -0.1) is 6.42 Å². The number of carbonyl (C=O) groups is 2. The van der Waals surface area contributed by atoms with Gasteiger partial charge in [0.15, 0.2) is 11.5 Å². The van der Waals surface area contributed by atoms with E-state index in [1.807, 2.05) is 0 Å². The van der Waals surface area contributed by atoms with Crippen molar-refractivity contribution in [3.8, 4) is 12.3 Å². The molecule has 0 spiro atoms. The Morgan fingerprint density at radius 3 is 2.33 bits per heavy atom. The van der Waals surface area contributed by atoms with Gasteiger partial charge in [-0.05, 0) is 19.1 Å². The standard InChI is InChI=1S/C15H18O3/c1-7-12(13(16)8-2)10(4)11(5)15(17)14(9-3)18-6/h1,8-10,12H,2,5H2,3-4,6H3/b14-9+. The summed E-state index contributed by atoms with van der Waals surface area (Å²) >= 11 is 0. The van der Waals surface area contributed by atoms with Gasteiger partial charge in [-0.25, -0.2) is 0 Å². The summed E-state index contributed by atoms with van der Waals surface area (Å²) in [6, 6.07) is 0. The molecule has 2 unspecified atom stereocenters. The van der Waals surface area contributed by atoms with Gasteiger partial charge >= 0.3 is 0 Å². The minimum absolute atomic E-state index is 0.189. The van der Waals surface area contributed by atoms with Crippen LogP contribution in [0, 0.1) is 24.2 Å². The second-order valence-electron chi connectivity index (χ2n) is 3.75. The van der Waals surface area contributed by atoms with Gasteiger partial charge in [-0.1, -0.05) is 26.0 Å². The minimum Gasteiger partial charge on any atom is -0.493 e. The van der Waals surface area contributed by atoms with Crippen LogP contribution in [0.1, 0.15) is 13.8 Å². The monoisotopic (exact) mass is 246 g/mol. The van der Waals surface area contributed by atoms with Crippen molar-refractivity contribution in [3.05, 3.63) is 36.6 Å². The van der Waals surface area contributed by atoms with E-state index in [9.17, 15) is 9.59 Å². The molecule has 0 amide bonds. The smallest absolute Gasteiger partial charge is 0.222 e. The van der Waals surface area contributed by atoms with E-state index in [2.05, 4.69) is 19.1 Å². The van der Waals surface area contributed by atoms with Crippen molar-refractivity contribution in [3.63, 3.8) is 0 Å². The Hall–Kier alpha value is -2.08. The molecule has 0 aliphatic rings. The van der Waals surface area contributed by atoms with Crippen LogP contribution >= 0.6 is 0 Å². The molecule has 0 radical (unpaired) electrons. The van der Waals surface area contributed by atoms with E-state index < -0.39 is 11.8 Å². The Bertz CT molecular complexity index is 435. The maximum Gasteiger partial charge on any atom is 0.222 e. The predicted octanol–water partition coefficient (Wildman–Crippen LogP) is 2.30. The maximum atomic E-state index is 12.0. The van der Waals surface area contributed by atoms with Gasteiger partial charge in [0.05, 0.1) is 13.0 Å². The van der Waals surface area contributed by atoms with Crippen molar-refractivity contribution < 1.29 is 14.3 Å². The van der Waals surface area contributed by atoms with Crippen LogP contribution < -0.4 is 0 Å². The zero-order valence-corrected chi connectivity index (χ0v) is 11.0. The minimum atomic E-state index is -0.728. The van der Waals surface area contributed by atoms with Crippen molar-refractivity contribution in [2.45, 2.75) is 13.8 Å². The second-order valence-corrected chi connectivity index (χ2v) is 3.75. The molecule has 0 bridgehead atoms. The Kier molecular flexibility index (Phi) is 6.44. The highest BCUT2D eigenvalue weighted by Gasteiger charge is 2.27. The molecule has 0 aliphatic carbocycles. The SMILES string of the molecule is C#CC(C(=O)C=C)C(C)C(=C)C(=O)/C(=C\C)OC. The van der Waals surface area contributed by atoms with Gasteiger partial charge in [0.25, 0.3) is 0 Å². The van der Waals surface area contributed by atoms with E-state index in [1.165, 1.54) is 7.11 Å². The van der Waals surface area contributed by atoms with Gasteiger partial charge in [0, 0.05) is 11.5 Å². The van der Waals surface area contributed by atoms with Crippen LogP contribution in [0.4, 0.5) is 0 Å². The van der Waals surface area contributed by atoms with Crippen LogP contribution in [-0.4, -0.2) is 18.7 Å². The highest BCUT2D eigenvalue weighted by atomic mass is 16.5. The van der Waals surface area contributed by atoms with Crippen LogP contribution in [0.2, 0.25) is 0 Å². The van der Waals surface area contributed by atoms with Crippen LogP contribution in [0.15, 0.2) is 36.6 Å². The molecule has 18 heavy (non-hydrogen) atoms. The summed E-state index contributed by atoms with van der Waals surface area (Å²) in [7, 11) is 1.40. The third-order valence-electron chi connectivity index (χ3n) is 2.73. The van der Waals surface area contributed by atoms with Crippen molar-refractivity contribution in [1.29, 1.82) is 0 Å². The largest absolute Gasteiger partial charge is 0.493 e. The number of rotatable bonds is 7. The number of carbonyl (C=O) groups excluding carboxylic acids is 2. The normalized spacial score (nSPS) is 14.0. The zero-order chi connectivity index (χ0) is 14.3. The molecule has 0 aromatic heterocycles. The molecule has 96 valence electrons. The lowest BCUT2D eigenvalue weighted by Crippen LogP contribution is -2.24. The fraction of sp³-hybridized carbons (Fsp3) is 0.333. The summed E-state index contributed by atoms with van der Waals surface area (Å²) < 4.78 is 4.93. The Balaban J connectivity index is 5.11. The number of terminal acetylenes is 1. The average Bonchev–Trinajstić information content (AvgIpc) is 2.39. The van der Waals surface area contributed by atoms with Crippen LogP contribution in [0.25, 0.3) is 0 Å². The summed E-state index contributed by atoms with van der Waals surface area (Å²) in [6.45, 7) is 10.5. The maximum absolute atomic E-state index is 12.0. The quantitative estimate of drug-likeness (QED) is 0.393. The lowest BCUT2D eigenvalue weighted by Gasteiger charge is -2.18. The Morgan fingerprint density at radius 1 is 1.44 bits per heavy atom. The van der Waals surface area contributed by atoms with Crippen LogP contribution in [0.3, 0.4) is 0 Å². The molecule has 3 nitrogen and oxygen atoms in total. The summed E-state index contributed by atoms with van der Waals surface area (Å²) in [6.07, 6.45) is 8.01. The molecule has 2 atom stereocenters. The van der Waals surface area contributed by atoms with Crippen LogP contribution in [0.5, 0.6) is 0 Å². The molecule has 0 heterocycles. The summed E-state index contributed by atoms with van der Waals surface area (Å²) in [5.74, 6) is 0.734. The lowest BCUT2D eigenvalue weighted by atomic mass is 9.83. The molecule has 0 aromatic rings. The first-order chi connectivity index (χ1) is 8.44. The number of ether oxygens (including phenoxy) is 1. The molecular weight excluding hydrogens is 228 g/mol. The number of allylic oxidation sites excluding steroid dienone is 3. The molecule has 0 fully saturated rings. The van der Waals surface area contributed by atoms with Crippen molar-refractivity contribution in [2.75, 3.05) is 7.11 Å². The van der Waals surface area contributed by atoms with Crippen molar-refractivity contribution >= 4 is 11.6 Å². The summed E-state index contributed by atoms with van der Waals surface area (Å²) in [5, 5.41) is 0. The van der Waals surface area contributed by atoms with E-state index in [4.69, 9.17) is 11.2 Å². The third kappa shape index (κ3) is 3.46. The van der Waals surface area contributed by atoms with Gasteiger partial charge in [-0.2, -0.15) is 0 Å². The van der Waals surface area contributed by atoms with E-state index in [1.54, 1.807) is 19.9 Å². The number of Topliss-reactive ketones (excluding diaryl/α,β-unsaturated/α-hetero) is 1. The van der Waals surface area contributed by atoms with Crippen molar-refractivity contribution in [1.82, 2.24) is 0 Å². The average molecular weight is 246 g/mol. The molecule has 0 saturated carbocycles. The summed E-state index contributed by atoms with van der Waals surface area (Å²) in [5.41, 5.74) is 0.253. The van der Waals surface area contributed by atoms with Gasteiger partial charge in [-0.3, -0.25) is 9.59 Å². The van der Waals surface area contributed by atoms with Crippen LogP contribution in [-0.2, 0) is 14.3 Å². The number of hydrogen-bond donors (Lipinski definition) is 0. The first-order valence-electron chi connectivity index (χ1n) is 5.50. The first-order valence-corrected chi connectivity index (χ1v) is 5.50. The molecule has 3 heteroatoms. The Morgan fingerprint density at radius 2 is 2.00 bits per heavy atom. The lowest BCUT2D eigenvalue weighted by molar-refractivity contribution is -0.118. The fourth-order valence-electron chi connectivity index (χ4n) is 1.51. The highest BCUT2D eigenvalue weighted by Crippen LogP contribution is 2.23. The second kappa shape index (κ2) is 7.29. The van der Waals surface area contributed by atoms with Gasteiger partial charge in [0.1, 0.15) is 0 Å². The fourth-order valence-corrected chi connectivity index (χ4v) is 1.51. The van der Waals surface area contributed by atoms with E-state index >= 15 is 0 Å². The molecule has 0 saturated heterocycles. The van der Waals surface area contributed by atoms with E-state index in [0.29, 0.717) is 0 Å².